The molecule has 1 aliphatic rings. The number of amides is 1. The Labute approximate surface area is 116 Å². The fourth-order valence-electron chi connectivity index (χ4n) is 3.91. The third kappa shape index (κ3) is 3.28. The summed E-state index contributed by atoms with van der Waals surface area (Å²) < 4.78 is 0. The van der Waals surface area contributed by atoms with E-state index >= 15 is 0 Å². The molecule has 1 fully saturated rings. The monoisotopic (exact) mass is 269 g/mol. The van der Waals surface area contributed by atoms with Crippen molar-refractivity contribution in [3.05, 3.63) is 0 Å². The SMILES string of the molecule is CCCN(C(C)=O)C1(C(=O)O)CC(C)CC(C)(C)C1. The van der Waals surface area contributed by atoms with E-state index in [1.54, 1.807) is 4.90 Å². The first-order valence-electron chi connectivity index (χ1n) is 7.16. The van der Waals surface area contributed by atoms with Crippen LogP contribution in [0.25, 0.3) is 0 Å². The molecular weight excluding hydrogens is 242 g/mol. The molecule has 1 amide bonds. The number of hydrogen-bond acceptors (Lipinski definition) is 2. The number of rotatable bonds is 4. The molecule has 1 N–H and O–H groups in total. The molecule has 1 saturated carbocycles. The van der Waals surface area contributed by atoms with Gasteiger partial charge < -0.3 is 10.0 Å². The van der Waals surface area contributed by atoms with Crippen molar-refractivity contribution in [2.24, 2.45) is 11.3 Å². The Morgan fingerprint density at radius 2 is 1.89 bits per heavy atom. The van der Waals surface area contributed by atoms with Crippen molar-refractivity contribution in [3.63, 3.8) is 0 Å². The molecule has 0 aromatic carbocycles. The van der Waals surface area contributed by atoms with E-state index in [1.807, 2.05) is 6.92 Å². The van der Waals surface area contributed by atoms with E-state index in [0.717, 1.165) is 12.8 Å². The number of carbonyl (C=O) groups is 2. The fourth-order valence-corrected chi connectivity index (χ4v) is 3.91. The molecule has 0 aromatic rings. The molecule has 110 valence electrons. The Morgan fingerprint density at radius 1 is 1.32 bits per heavy atom. The molecule has 2 atom stereocenters. The van der Waals surface area contributed by atoms with E-state index in [0.29, 0.717) is 25.3 Å². The van der Waals surface area contributed by atoms with Crippen molar-refractivity contribution >= 4 is 11.9 Å². The van der Waals surface area contributed by atoms with E-state index in [2.05, 4.69) is 20.8 Å². The summed E-state index contributed by atoms with van der Waals surface area (Å²) in [5.74, 6) is -0.663. The maximum atomic E-state index is 11.9. The first kappa shape index (κ1) is 16.0. The van der Waals surface area contributed by atoms with Crippen molar-refractivity contribution in [1.29, 1.82) is 0 Å². The molecule has 0 aromatic heterocycles. The van der Waals surface area contributed by atoms with E-state index < -0.39 is 11.5 Å². The number of carboxylic acid groups (broad SMARTS) is 1. The summed E-state index contributed by atoms with van der Waals surface area (Å²) in [6, 6.07) is 0. The zero-order valence-corrected chi connectivity index (χ0v) is 12.8. The van der Waals surface area contributed by atoms with E-state index in [9.17, 15) is 14.7 Å². The third-order valence-corrected chi connectivity index (χ3v) is 4.10. The Kier molecular flexibility index (Phi) is 4.64. The molecule has 0 radical (unpaired) electrons. The maximum Gasteiger partial charge on any atom is 0.329 e. The molecule has 0 spiro atoms. The lowest BCUT2D eigenvalue weighted by Gasteiger charge is -2.50. The molecule has 19 heavy (non-hydrogen) atoms. The van der Waals surface area contributed by atoms with Crippen molar-refractivity contribution in [1.82, 2.24) is 4.90 Å². The minimum absolute atomic E-state index is 0.0441. The van der Waals surface area contributed by atoms with Crippen LogP contribution in [0.1, 0.15) is 60.3 Å². The van der Waals surface area contributed by atoms with Gasteiger partial charge in [-0.15, -0.1) is 0 Å². The van der Waals surface area contributed by atoms with Crippen LogP contribution in [0, 0.1) is 11.3 Å². The molecule has 1 rings (SSSR count). The Bertz CT molecular complexity index is 364. The van der Waals surface area contributed by atoms with Gasteiger partial charge in [-0.3, -0.25) is 4.79 Å². The van der Waals surface area contributed by atoms with Crippen LogP contribution in [0.4, 0.5) is 0 Å². The van der Waals surface area contributed by atoms with Gasteiger partial charge in [-0.25, -0.2) is 4.79 Å². The van der Waals surface area contributed by atoms with E-state index in [4.69, 9.17) is 0 Å². The van der Waals surface area contributed by atoms with Gasteiger partial charge in [0.1, 0.15) is 5.54 Å². The van der Waals surface area contributed by atoms with Gasteiger partial charge in [0, 0.05) is 13.5 Å². The van der Waals surface area contributed by atoms with Gasteiger partial charge >= 0.3 is 5.97 Å². The Balaban J connectivity index is 3.21. The maximum absolute atomic E-state index is 11.9. The highest BCUT2D eigenvalue weighted by Gasteiger charge is 2.52. The number of aliphatic carboxylic acids is 1. The summed E-state index contributed by atoms with van der Waals surface area (Å²) in [5, 5.41) is 9.79. The summed E-state index contributed by atoms with van der Waals surface area (Å²) >= 11 is 0. The van der Waals surface area contributed by atoms with Crippen LogP contribution in [0.5, 0.6) is 0 Å². The molecule has 4 heteroatoms. The molecular formula is C15H27NO3. The summed E-state index contributed by atoms with van der Waals surface area (Å²) in [4.78, 5) is 25.4. The zero-order valence-electron chi connectivity index (χ0n) is 12.8. The Hall–Kier alpha value is -1.06. The summed E-state index contributed by atoms with van der Waals surface area (Å²) in [5.41, 5.74) is -1.07. The minimum atomic E-state index is -1.02. The lowest BCUT2D eigenvalue weighted by molar-refractivity contribution is -0.166. The molecule has 0 saturated heterocycles. The summed E-state index contributed by atoms with van der Waals surface area (Å²) in [7, 11) is 0. The Morgan fingerprint density at radius 3 is 2.26 bits per heavy atom. The number of carboxylic acids is 1. The largest absolute Gasteiger partial charge is 0.479 e. The van der Waals surface area contributed by atoms with Crippen molar-refractivity contribution in [3.8, 4) is 0 Å². The van der Waals surface area contributed by atoms with Gasteiger partial charge in [-0.1, -0.05) is 27.7 Å². The number of hydrogen-bond donors (Lipinski definition) is 1. The van der Waals surface area contributed by atoms with Crippen molar-refractivity contribution in [2.75, 3.05) is 6.54 Å². The minimum Gasteiger partial charge on any atom is -0.479 e. The second-order valence-corrected chi connectivity index (χ2v) is 6.86. The highest BCUT2D eigenvalue weighted by atomic mass is 16.4. The van der Waals surface area contributed by atoms with Gasteiger partial charge in [-0.2, -0.15) is 0 Å². The second-order valence-electron chi connectivity index (χ2n) is 6.86. The first-order valence-corrected chi connectivity index (χ1v) is 7.16. The van der Waals surface area contributed by atoms with Crippen LogP contribution in [0.15, 0.2) is 0 Å². The molecule has 2 unspecified atom stereocenters. The summed E-state index contributed by atoms with van der Waals surface area (Å²) in [6.45, 7) is 10.3. The van der Waals surface area contributed by atoms with Crippen LogP contribution in [-0.2, 0) is 9.59 Å². The van der Waals surface area contributed by atoms with Gasteiger partial charge in [0.25, 0.3) is 0 Å². The average Bonchev–Trinajstić information content (AvgIpc) is 2.21. The zero-order chi connectivity index (χ0) is 14.8. The molecule has 1 aliphatic carbocycles. The van der Waals surface area contributed by atoms with E-state index in [1.165, 1.54) is 6.92 Å². The summed E-state index contributed by atoms with van der Waals surface area (Å²) in [6.07, 6.45) is 2.90. The van der Waals surface area contributed by atoms with Crippen LogP contribution >= 0.6 is 0 Å². The predicted octanol–water partition coefficient (Wildman–Crippen LogP) is 2.91. The standard InChI is InChI=1S/C15H27NO3/c1-6-7-16(12(3)17)15(13(18)19)9-11(2)8-14(4,5)10-15/h11H,6-10H2,1-5H3,(H,18,19). The fraction of sp³-hybridized carbons (Fsp3) is 0.867. The predicted molar refractivity (Wildman–Crippen MR) is 74.8 cm³/mol. The molecule has 0 bridgehead atoms. The molecule has 0 heterocycles. The smallest absolute Gasteiger partial charge is 0.329 e. The highest BCUT2D eigenvalue weighted by molar-refractivity contribution is 5.86. The van der Waals surface area contributed by atoms with Crippen LogP contribution in [-0.4, -0.2) is 34.0 Å². The van der Waals surface area contributed by atoms with Gasteiger partial charge in [0.15, 0.2) is 0 Å². The van der Waals surface area contributed by atoms with Crippen LogP contribution in [0.2, 0.25) is 0 Å². The normalized spacial score (nSPS) is 29.8. The average molecular weight is 269 g/mol. The molecule has 0 aliphatic heterocycles. The van der Waals surface area contributed by atoms with E-state index in [-0.39, 0.29) is 11.3 Å². The van der Waals surface area contributed by atoms with Crippen LogP contribution < -0.4 is 0 Å². The lowest BCUT2D eigenvalue weighted by Crippen LogP contribution is -2.61. The van der Waals surface area contributed by atoms with Gasteiger partial charge in [-0.05, 0) is 37.0 Å². The van der Waals surface area contributed by atoms with Crippen molar-refractivity contribution < 1.29 is 14.7 Å². The van der Waals surface area contributed by atoms with Gasteiger partial charge in [0.05, 0.1) is 0 Å². The first-order chi connectivity index (χ1) is 8.64. The van der Waals surface area contributed by atoms with Crippen LogP contribution in [0.3, 0.4) is 0 Å². The lowest BCUT2D eigenvalue weighted by atomic mass is 9.63. The number of carbonyl (C=O) groups excluding carboxylic acids is 1. The van der Waals surface area contributed by atoms with Gasteiger partial charge in [0.2, 0.25) is 5.91 Å². The second kappa shape index (κ2) is 5.51. The topological polar surface area (TPSA) is 57.6 Å². The molecule has 4 nitrogen and oxygen atoms in total. The highest BCUT2D eigenvalue weighted by Crippen LogP contribution is 2.46. The van der Waals surface area contributed by atoms with Crippen molar-refractivity contribution in [2.45, 2.75) is 65.8 Å². The quantitative estimate of drug-likeness (QED) is 0.853. The third-order valence-electron chi connectivity index (χ3n) is 4.10. The number of nitrogens with zero attached hydrogens (tertiary/aromatic N) is 1.